The largest absolute Gasteiger partial charge is 0.490 e. The highest BCUT2D eigenvalue weighted by Gasteiger charge is 2.10. The molecule has 0 saturated carbocycles. The van der Waals surface area contributed by atoms with Gasteiger partial charge in [0.05, 0.1) is 13.2 Å². The molecule has 0 fully saturated rings. The van der Waals surface area contributed by atoms with Crippen molar-refractivity contribution in [3.05, 3.63) is 48.2 Å². The van der Waals surface area contributed by atoms with Crippen molar-refractivity contribution >= 4 is 29.9 Å². The van der Waals surface area contributed by atoms with Gasteiger partial charge in [-0.1, -0.05) is 25.1 Å². The number of nitrogens with zero attached hydrogens (tertiary/aromatic N) is 2. The summed E-state index contributed by atoms with van der Waals surface area (Å²) >= 11 is 0. The number of pyridine rings is 1. The van der Waals surface area contributed by atoms with Crippen LogP contribution >= 0.6 is 24.0 Å². The van der Waals surface area contributed by atoms with Crippen LogP contribution in [0.3, 0.4) is 0 Å². The molecular formula is C21H31IN4O2. The number of nitrogens with one attached hydrogen (secondary N) is 2. The van der Waals surface area contributed by atoms with Crippen LogP contribution in [0.5, 0.6) is 17.4 Å². The Balaban J connectivity index is 0.00000392. The minimum atomic E-state index is 0. The van der Waals surface area contributed by atoms with Crippen LogP contribution in [0.4, 0.5) is 0 Å². The number of para-hydroxylation sites is 2. The van der Waals surface area contributed by atoms with E-state index in [1.54, 1.807) is 6.20 Å². The number of halogens is 1. The van der Waals surface area contributed by atoms with Gasteiger partial charge in [-0.15, -0.1) is 24.0 Å². The molecule has 2 rings (SSSR count). The highest BCUT2D eigenvalue weighted by molar-refractivity contribution is 14.0. The van der Waals surface area contributed by atoms with Crippen LogP contribution in [-0.4, -0.2) is 30.1 Å². The fourth-order valence-corrected chi connectivity index (χ4v) is 2.36. The monoisotopic (exact) mass is 498 g/mol. The van der Waals surface area contributed by atoms with Crippen molar-refractivity contribution in [3.63, 3.8) is 0 Å². The Bertz CT molecular complexity index is 738. The lowest BCUT2D eigenvalue weighted by molar-refractivity contribution is 0.300. The molecule has 0 spiro atoms. The van der Waals surface area contributed by atoms with E-state index in [-0.39, 0.29) is 24.0 Å². The topological polar surface area (TPSA) is 67.8 Å². The van der Waals surface area contributed by atoms with Crippen LogP contribution in [0.25, 0.3) is 0 Å². The molecule has 0 aliphatic carbocycles. The third-order valence-corrected chi connectivity index (χ3v) is 3.54. The van der Waals surface area contributed by atoms with E-state index < -0.39 is 0 Å². The van der Waals surface area contributed by atoms with E-state index in [1.807, 2.05) is 43.3 Å². The summed E-state index contributed by atoms with van der Waals surface area (Å²) in [6, 6.07) is 11.8. The lowest BCUT2D eigenvalue weighted by Gasteiger charge is -2.15. The molecule has 1 heterocycles. The van der Waals surface area contributed by atoms with Gasteiger partial charge >= 0.3 is 0 Å². The average molecular weight is 498 g/mol. The van der Waals surface area contributed by atoms with E-state index in [0.29, 0.717) is 36.6 Å². The van der Waals surface area contributed by atoms with E-state index in [4.69, 9.17) is 9.47 Å². The van der Waals surface area contributed by atoms with Gasteiger partial charge < -0.3 is 20.1 Å². The molecule has 2 aromatic rings. The zero-order chi connectivity index (χ0) is 19.5. The number of aromatic nitrogens is 1. The Hall–Kier alpha value is -2.03. The fourth-order valence-electron chi connectivity index (χ4n) is 2.36. The molecule has 0 atom stereocenters. The first-order chi connectivity index (χ1) is 13.1. The summed E-state index contributed by atoms with van der Waals surface area (Å²) in [6.45, 7) is 10.2. The zero-order valence-electron chi connectivity index (χ0n) is 17.1. The number of ether oxygens (including phenoxy) is 2. The summed E-state index contributed by atoms with van der Waals surface area (Å²) in [5.74, 6) is 2.68. The number of hydrogen-bond acceptors (Lipinski definition) is 4. The SMILES string of the molecule is CCCOc1ccccc1Oc1ncccc1CN=C(NCC)NC(C)C.I. The minimum absolute atomic E-state index is 0. The van der Waals surface area contributed by atoms with E-state index >= 15 is 0 Å². The number of aliphatic imine (C=N–C) groups is 1. The molecule has 154 valence electrons. The van der Waals surface area contributed by atoms with E-state index in [2.05, 4.69) is 41.4 Å². The summed E-state index contributed by atoms with van der Waals surface area (Å²) in [5, 5.41) is 6.55. The quantitative estimate of drug-likeness (QED) is 0.297. The molecule has 7 heteroatoms. The lowest BCUT2D eigenvalue weighted by Crippen LogP contribution is -2.41. The Kier molecular flexibility index (Phi) is 11.3. The zero-order valence-corrected chi connectivity index (χ0v) is 19.4. The van der Waals surface area contributed by atoms with Crippen LogP contribution in [0.2, 0.25) is 0 Å². The molecule has 0 aliphatic heterocycles. The standard InChI is InChI=1S/C21H30N4O2.HI/c1-5-14-26-18-11-7-8-12-19(18)27-20-17(10-9-13-23-20)15-24-21(22-6-2)25-16(3)4;/h7-13,16H,5-6,14-15H2,1-4H3,(H2,22,24,25);1H. The summed E-state index contributed by atoms with van der Waals surface area (Å²) in [4.78, 5) is 9.03. The predicted molar refractivity (Wildman–Crippen MR) is 125 cm³/mol. The van der Waals surface area contributed by atoms with Gasteiger partial charge in [-0.05, 0) is 45.4 Å². The molecule has 1 aromatic heterocycles. The van der Waals surface area contributed by atoms with Crippen molar-refractivity contribution in [3.8, 4) is 17.4 Å². The van der Waals surface area contributed by atoms with E-state index in [0.717, 1.165) is 24.5 Å². The van der Waals surface area contributed by atoms with Crippen LogP contribution in [0.15, 0.2) is 47.6 Å². The fraction of sp³-hybridized carbons (Fsp3) is 0.429. The number of rotatable bonds is 9. The Labute approximate surface area is 185 Å². The highest BCUT2D eigenvalue weighted by Crippen LogP contribution is 2.32. The van der Waals surface area contributed by atoms with Crippen molar-refractivity contribution < 1.29 is 9.47 Å². The van der Waals surface area contributed by atoms with Gasteiger partial charge in [0.1, 0.15) is 0 Å². The molecule has 0 radical (unpaired) electrons. The number of guanidine groups is 1. The molecule has 28 heavy (non-hydrogen) atoms. The van der Waals surface area contributed by atoms with Crippen LogP contribution in [-0.2, 0) is 6.54 Å². The molecule has 0 unspecified atom stereocenters. The summed E-state index contributed by atoms with van der Waals surface area (Å²) in [5.41, 5.74) is 0.906. The molecule has 6 nitrogen and oxygen atoms in total. The van der Waals surface area contributed by atoms with Crippen LogP contribution in [0, 0.1) is 0 Å². The summed E-state index contributed by atoms with van der Waals surface area (Å²) in [7, 11) is 0. The third-order valence-electron chi connectivity index (χ3n) is 3.54. The molecule has 1 aromatic carbocycles. The lowest BCUT2D eigenvalue weighted by atomic mass is 10.2. The van der Waals surface area contributed by atoms with Crippen LogP contribution < -0.4 is 20.1 Å². The summed E-state index contributed by atoms with van der Waals surface area (Å²) in [6.07, 6.45) is 2.66. The molecule has 2 N–H and O–H groups in total. The Morgan fingerprint density at radius 3 is 2.54 bits per heavy atom. The maximum Gasteiger partial charge on any atom is 0.224 e. The van der Waals surface area contributed by atoms with Gasteiger partial charge in [0.15, 0.2) is 17.5 Å². The molecule has 0 saturated heterocycles. The molecule has 0 aliphatic rings. The molecule has 0 bridgehead atoms. The van der Waals surface area contributed by atoms with Crippen molar-refractivity contribution in [1.82, 2.24) is 15.6 Å². The van der Waals surface area contributed by atoms with Gasteiger partial charge in [-0.25, -0.2) is 9.98 Å². The van der Waals surface area contributed by atoms with E-state index in [9.17, 15) is 0 Å². The van der Waals surface area contributed by atoms with Crippen molar-refractivity contribution in [2.24, 2.45) is 4.99 Å². The number of hydrogen-bond donors (Lipinski definition) is 2. The predicted octanol–water partition coefficient (Wildman–Crippen LogP) is 4.74. The Morgan fingerprint density at radius 1 is 1.11 bits per heavy atom. The second-order valence-corrected chi connectivity index (χ2v) is 6.36. The maximum absolute atomic E-state index is 6.06. The van der Waals surface area contributed by atoms with Gasteiger partial charge in [0, 0.05) is 24.3 Å². The smallest absolute Gasteiger partial charge is 0.224 e. The van der Waals surface area contributed by atoms with Gasteiger partial charge in [0.25, 0.3) is 0 Å². The first-order valence-corrected chi connectivity index (χ1v) is 9.52. The normalized spacial score (nSPS) is 11.0. The first kappa shape index (κ1) is 24.0. The Morgan fingerprint density at radius 2 is 1.86 bits per heavy atom. The second-order valence-electron chi connectivity index (χ2n) is 6.36. The molecular weight excluding hydrogens is 467 g/mol. The van der Waals surface area contributed by atoms with Gasteiger partial charge in [-0.2, -0.15) is 0 Å². The van der Waals surface area contributed by atoms with Gasteiger partial charge in [0.2, 0.25) is 5.88 Å². The maximum atomic E-state index is 6.06. The number of benzene rings is 1. The summed E-state index contributed by atoms with van der Waals surface area (Å²) < 4.78 is 11.8. The minimum Gasteiger partial charge on any atom is -0.490 e. The van der Waals surface area contributed by atoms with Gasteiger partial charge in [-0.3, -0.25) is 0 Å². The van der Waals surface area contributed by atoms with Crippen molar-refractivity contribution in [1.29, 1.82) is 0 Å². The van der Waals surface area contributed by atoms with E-state index in [1.165, 1.54) is 0 Å². The first-order valence-electron chi connectivity index (χ1n) is 9.52. The second kappa shape index (κ2) is 13.2. The third kappa shape index (κ3) is 7.92. The van der Waals surface area contributed by atoms with Crippen molar-refractivity contribution in [2.45, 2.75) is 46.7 Å². The van der Waals surface area contributed by atoms with Crippen LogP contribution in [0.1, 0.15) is 39.7 Å². The average Bonchev–Trinajstić information content (AvgIpc) is 2.66. The highest BCUT2D eigenvalue weighted by atomic mass is 127. The molecule has 0 amide bonds. The van der Waals surface area contributed by atoms with Crippen molar-refractivity contribution in [2.75, 3.05) is 13.2 Å².